The van der Waals surface area contributed by atoms with Crippen LogP contribution in [0, 0.1) is 0 Å². The van der Waals surface area contributed by atoms with E-state index in [1.807, 2.05) is 0 Å². The first kappa shape index (κ1) is 17.9. The molecule has 0 N–H and O–H groups in total. The number of fused-ring (bicyclic) bond motifs is 3. The zero-order valence-electron chi connectivity index (χ0n) is 17.3. The molecule has 6 aromatic carbocycles. The van der Waals surface area contributed by atoms with Gasteiger partial charge in [0.15, 0.2) is 0 Å². The van der Waals surface area contributed by atoms with E-state index in [0.29, 0.717) is 0 Å². The minimum Gasteiger partial charge on any atom is -0.0795 e. The summed E-state index contributed by atoms with van der Waals surface area (Å²) in [5.74, 6) is 0. The van der Waals surface area contributed by atoms with E-state index in [1.54, 1.807) is 0 Å². The van der Waals surface area contributed by atoms with Gasteiger partial charge >= 0.3 is 0 Å². The van der Waals surface area contributed by atoms with Crippen molar-refractivity contribution in [1.29, 1.82) is 0 Å². The lowest BCUT2D eigenvalue weighted by Crippen LogP contribution is -1.91. The second kappa shape index (κ2) is 7.41. The van der Waals surface area contributed by atoms with Crippen LogP contribution in [0.2, 0.25) is 0 Å². The third-order valence-corrected chi connectivity index (χ3v) is 6.23. The van der Waals surface area contributed by atoms with E-state index < -0.39 is 0 Å². The SMILES string of the molecule is C1=Cc2cccc3cccc(c23)C1.c1ccc2cc3cc4ccccc4cc3cc2c1. The van der Waals surface area contributed by atoms with Gasteiger partial charge < -0.3 is 0 Å². The second-order valence-corrected chi connectivity index (χ2v) is 8.21. The Morgan fingerprint density at radius 2 is 0.903 bits per heavy atom. The van der Waals surface area contributed by atoms with Crippen molar-refractivity contribution in [3.05, 3.63) is 126 Å². The molecule has 0 aliphatic heterocycles. The van der Waals surface area contributed by atoms with Gasteiger partial charge in [0, 0.05) is 0 Å². The Bertz CT molecular complexity index is 1450. The van der Waals surface area contributed by atoms with E-state index >= 15 is 0 Å². The van der Waals surface area contributed by atoms with Crippen molar-refractivity contribution in [3.8, 4) is 0 Å². The van der Waals surface area contributed by atoms with Crippen molar-refractivity contribution in [1.82, 2.24) is 0 Å². The topological polar surface area (TPSA) is 0 Å². The highest BCUT2D eigenvalue weighted by Crippen LogP contribution is 2.28. The molecule has 1 aliphatic rings. The molecule has 1 aliphatic carbocycles. The molecule has 6 aromatic rings. The fraction of sp³-hybridized carbons (Fsp3) is 0.0323. The Hall–Kier alpha value is -3.90. The maximum atomic E-state index is 2.27. The Balaban J connectivity index is 0.000000126. The molecule has 0 spiro atoms. The standard InChI is InChI=1S/C18H12.C13H10/c1-2-6-14-10-18-12-16-8-4-3-7-15(16)11-17(18)9-13(14)5-1;1-4-10-6-2-8-12-9-3-7-11(5-1)13(10)12/h1-12H;1-8H,9H2. The summed E-state index contributed by atoms with van der Waals surface area (Å²) in [6, 6.07) is 39.2. The highest BCUT2D eigenvalue weighted by atomic mass is 14.1. The molecule has 0 fully saturated rings. The summed E-state index contributed by atoms with van der Waals surface area (Å²) >= 11 is 0. The van der Waals surface area contributed by atoms with Crippen LogP contribution in [-0.4, -0.2) is 0 Å². The molecule has 0 heterocycles. The Morgan fingerprint density at radius 1 is 0.419 bits per heavy atom. The maximum Gasteiger partial charge on any atom is -0.00763 e. The Kier molecular flexibility index (Phi) is 4.28. The molecular weight excluding hydrogens is 372 g/mol. The van der Waals surface area contributed by atoms with E-state index in [-0.39, 0.29) is 0 Å². The van der Waals surface area contributed by atoms with Gasteiger partial charge in [0.2, 0.25) is 0 Å². The molecule has 0 radical (unpaired) electrons. The number of allylic oxidation sites excluding steroid dienone is 1. The maximum absolute atomic E-state index is 2.27. The van der Waals surface area contributed by atoms with E-state index in [0.717, 1.165) is 6.42 Å². The predicted molar refractivity (Wildman–Crippen MR) is 136 cm³/mol. The molecule has 146 valence electrons. The summed E-state index contributed by atoms with van der Waals surface area (Å²) in [6.45, 7) is 0. The fourth-order valence-corrected chi connectivity index (χ4v) is 4.71. The van der Waals surface area contributed by atoms with Crippen LogP contribution in [0.25, 0.3) is 49.2 Å². The highest BCUT2D eigenvalue weighted by Gasteiger charge is 2.06. The van der Waals surface area contributed by atoms with Crippen LogP contribution in [-0.2, 0) is 6.42 Å². The zero-order chi connectivity index (χ0) is 20.6. The average Bonchev–Trinajstić information content (AvgIpc) is 2.82. The molecule has 31 heavy (non-hydrogen) atoms. The summed E-state index contributed by atoms with van der Waals surface area (Å²) < 4.78 is 0. The monoisotopic (exact) mass is 394 g/mol. The molecule has 0 saturated carbocycles. The van der Waals surface area contributed by atoms with E-state index in [2.05, 4.69) is 121 Å². The lowest BCUT2D eigenvalue weighted by Gasteiger charge is -2.11. The average molecular weight is 395 g/mol. The zero-order valence-corrected chi connectivity index (χ0v) is 17.3. The normalized spacial score (nSPS) is 12.3. The van der Waals surface area contributed by atoms with E-state index in [4.69, 9.17) is 0 Å². The van der Waals surface area contributed by atoms with Crippen molar-refractivity contribution in [2.24, 2.45) is 0 Å². The molecule has 0 bridgehead atoms. The smallest absolute Gasteiger partial charge is 0.00763 e. The minimum absolute atomic E-state index is 1.08. The first-order valence-corrected chi connectivity index (χ1v) is 10.8. The Morgan fingerprint density at radius 3 is 1.45 bits per heavy atom. The third-order valence-electron chi connectivity index (χ3n) is 6.23. The van der Waals surface area contributed by atoms with Crippen LogP contribution in [0.4, 0.5) is 0 Å². The number of rotatable bonds is 0. The summed E-state index contributed by atoms with van der Waals surface area (Å²) in [5.41, 5.74) is 2.81. The van der Waals surface area contributed by atoms with Gasteiger partial charge in [-0.05, 0) is 84.9 Å². The molecule has 0 unspecified atom stereocenters. The van der Waals surface area contributed by atoms with Gasteiger partial charge in [-0.3, -0.25) is 0 Å². The largest absolute Gasteiger partial charge is 0.0795 e. The highest BCUT2D eigenvalue weighted by molar-refractivity contribution is 6.04. The molecule has 0 heteroatoms. The van der Waals surface area contributed by atoms with Crippen molar-refractivity contribution in [2.75, 3.05) is 0 Å². The molecule has 0 aromatic heterocycles. The first-order valence-electron chi connectivity index (χ1n) is 10.8. The van der Waals surface area contributed by atoms with Gasteiger partial charge in [-0.2, -0.15) is 0 Å². The van der Waals surface area contributed by atoms with Crippen LogP contribution < -0.4 is 0 Å². The number of hydrogen-bond donors (Lipinski definition) is 0. The van der Waals surface area contributed by atoms with Gasteiger partial charge in [0.1, 0.15) is 0 Å². The Labute approximate surface area is 182 Å². The van der Waals surface area contributed by atoms with Crippen LogP contribution in [0.1, 0.15) is 11.1 Å². The second-order valence-electron chi connectivity index (χ2n) is 8.21. The number of hydrogen-bond acceptors (Lipinski definition) is 0. The van der Waals surface area contributed by atoms with Crippen molar-refractivity contribution < 1.29 is 0 Å². The number of benzene rings is 6. The van der Waals surface area contributed by atoms with Crippen molar-refractivity contribution in [2.45, 2.75) is 6.42 Å². The third kappa shape index (κ3) is 3.27. The lowest BCUT2D eigenvalue weighted by molar-refractivity contribution is 1.29. The molecule has 0 amide bonds. The molecule has 0 saturated heterocycles. The summed E-state index contributed by atoms with van der Waals surface area (Å²) in [4.78, 5) is 0. The van der Waals surface area contributed by atoms with Gasteiger partial charge in [-0.25, -0.2) is 0 Å². The summed E-state index contributed by atoms with van der Waals surface area (Å²) in [7, 11) is 0. The van der Waals surface area contributed by atoms with Crippen LogP contribution >= 0.6 is 0 Å². The van der Waals surface area contributed by atoms with Gasteiger partial charge in [-0.1, -0.05) is 97.1 Å². The van der Waals surface area contributed by atoms with E-state index in [1.165, 1.54) is 54.2 Å². The quantitative estimate of drug-likeness (QED) is 0.226. The van der Waals surface area contributed by atoms with Crippen LogP contribution in [0.5, 0.6) is 0 Å². The summed E-state index contributed by atoms with van der Waals surface area (Å²) in [6.07, 6.45) is 5.53. The van der Waals surface area contributed by atoms with Gasteiger partial charge in [0.05, 0.1) is 0 Å². The van der Waals surface area contributed by atoms with Crippen molar-refractivity contribution in [3.63, 3.8) is 0 Å². The molecular formula is C31H22. The lowest BCUT2D eigenvalue weighted by atomic mass is 9.93. The molecule has 0 atom stereocenters. The predicted octanol–water partition coefficient (Wildman–Crippen LogP) is 8.56. The molecule has 0 nitrogen and oxygen atoms in total. The minimum atomic E-state index is 1.08. The van der Waals surface area contributed by atoms with Gasteiger partial charge in [0.25, 0.3) is 0 Å². The van der Waals surface area contributed by atoms with Gasteiger partial charge in [-0.15, -0.1) is 0 Å². The van der Waals surface area contributed by atoms with Crippen molar-refractivity contribution >= 4 is 49.2 Å². The fourth-order valence-electron chi connectivity index (χ4n) is 4.71. The van der Waals surface area contributed by atoms with Crippen LogP contribution in [0.3, 0.4) is 0 Å². The van der Waals surface area contributed by atoms with Crippen LogP contribution in [0.15, 0.2) is 115 Å². The summed E-state index contributed by atoms with van der Waals surface area (Å²) in [5, 5.41) is 10.6. The first-order chi connectivity index (χ1) is 15.3. The molecule has 7 rings (SSSR count). The van der Waals surface area contributed by atoms with E-state index in [9.17, 15) is 0 Å².